The minimum atomic E-state index is -0.505. The van der Waals surface area contributed by atoms with E-state index < -0.39 is 5.54 Å². The molecular weight excluding hydrogens is 188 g/mol. The highest BCUT2D eigenvalue weighted by Crippen LogP contribution is 2.33. The first-order valence-corrected chi connectivity index (χ1v) is 6.13. The standard InChI is InChI=1S/C12H22N2O/c1-9-4-7-14(10(2)8-9)11(15)12(13)5-3-6-12/h9-10H,3-8,13H2,1-2H3. The molecule has 86 valence electrons. The first-order chi connectivity index (χ1) is 7.03. The zero-order chi connectivity index (χ0) is 11.1. The van der Waals surface area contributed by atoms with Gasteiger partial charge in [-0.25, -0.2) is 0 Å². The van der Waals surface area contributed by atoms with Gasteiger partial charge in [-0.2, -0.15) is 0 Å². The predicted octanol–water partition coefficient (Wildman–Crippen LogP) is 1.51. The van der Waals surface area contributed by atoms with Gasteiger partial charge in [0.15, 0.2) is 0 Å². The number of nitrogens with zero attached hydrogens (tertiary/aromatic N) is 1. The number of hydrogen-bond acceptors (Lipinski definition) is 2. The molecule has 2 aliphatic rings. The highest BCUT2D eigenvalue weighted by Gasteiger charge is 2.44. The summed E-state index contributed by atoms with van der Waals surface area (Å²) in [6, 6.07) is 0.377. The van der Waals surface area contributed by atoms with Crippen molar-refractivity contribution in [3.05, 3.63) is 0 Å². The van der Waals surface area contributed by atoms with E-state index in [0.717, 1.165) is 44.6 Å². The lowest BCUT2D eigenvalue weighted by Gasteiger charge is -2.45. The van der Waals surface area contributed by atoms with E-state index in [4.69, 9.17) is 5.73 Å². The maximum atomic E-state index is 12.2. The zero-order valence-corrected chi connectivity index (χ0v) is 9.83. The van der Waals surface area contributed by atoms with Gasteiger partial charge in [-0.1, -0.05) is 6.92 Å². The minimum Gasteiger partial charge on any atom is -0.338 e. The summed E-state index contributed by atoms with van der Waals surface area (Å²) in [4.78, 5) is 14.2. The second-order valence-electron chi connectivity index (χ2n) is 5.49. The number of carbonyl (C=O) groups excluding carboxylic acids is 1. The first kappa shape index (κ1) is 10.9. The van der Waals surface area contributed by atoms with Crippen LogP contribution in [-0.4, -0.2) is 28.9 Å². The van der Waals surface area contributed by atoms with Crippen LogP contribution < -0.4 is 5.73 Å². The molecule has 0 spiro atoms. The topological polar surface area (TPSA) is 46.3 Å². The Morgan fingerprint density at radius 1 is 1.40 bits per heavy atom. The van der Waals surface area contributed by atoms with Crippen LogP contribution in [0.5, 0.6) is 0 Å². The number of likely N-dealkylation sites (tertiary alicyclic amines) is 1. The lowest BCUT2D eigenvalue weighted by atomic mass is 9.76. The quantitative estimate of drug-likeness (QED) is 0.713. The van der Waals surface area contributed by atoms with Crippen molar-refractivity contribution in [2.75, 3.05) is 6.54 Å². The van der Waals surface area contributed by atoms with Gasteiger partial charge in [0.05, 0.1) is 5.54 Å². The largest absolute Gasteiger partial charge is 0.338 e. The van der Waals surface area contributed by atoms with Crippen LogP contribution >= 0.6 is 0 Å². The fourth-order valence-electron chi connectivity index (χ4n) is 2.77. The third kappa shape index (κ3) is 1.89. The van der Waals surface area contributed by atoms with Crippen LogP contribution in [0.1, 0.15) is 46.0 Å². The van der Waals surface area contributed by atoms with Gasteiger partial charge in [0.2, 0.25) is 5.91 Å². The molecule has 3 heteroatoms. The Hall–Kier alpha value is -0.570. The Morgan fingerprint density at radius 3 is 2.53 bits per heavy atom. The summed E-state index contributed by atoms with van der Waals surface area (Å²) in [5, 5.41) is 0. The summed E-state index contributed by atoms with van der Waals surface area (Å²) in [5.41, 5.74) is 5.58. The predicted molar refractivity (Wildman–Crippen MR) is 60.3 cm³/mol. The number of amides is 1. The number of rotatable bonds is 1. The van der Waals surface area contributed by atoms with Crippen LogP contribution in [0.2, 0.25) is 0 Å². The molecule has 1 heterocycles. The van der Waals surface area contributed by atoms with E-state index in [-0.39, 0.29) is 5.91 Å². The van der Waals surface area contributed by atoms with E-state index in [9.17, 15) is 4.79 Å². The van der Waals surface area contributed by atoms with Gasteiger partial charge in [-0.3, -0.25) is 4.79 Å². The molecule has 2 N–H and O–H groups in total. The van der Waals surface area contributed by atoms with Crippen molar-refractivity contribution in [3.8, 4) is 0 Å². The third-order valence-corrected chi connectivity index (χ3v) is 4.07. The van der Waals surface area contributed by atoms with Gasteiger partial charge in [0.1, 0.15) is 0 Å². The number of carbonyl (C=O) groups is 1. The Balaban J connectivity index is 2.01. The van der Waals surface area contributed by atoms with E-state index in [1.54, 1.807) is 0 Å². The van der Waals surface area contributed by atoms with Crippen LogP contribution in [-0.2, 0) is 4.79 Å². The highest BCUT2D eigenvalue weighted by atomic mass is 16.2. The van der Waals surface area contributed by atoms with Gasteiger partial charge >= 0.3 is 0 Å². The van der Waals surface area contributed by atoms with Gasteiger partial charge in [0.25, 0.3) is 0 Å². The normalized spacial score (nSPS) is 34.7. The van der Waals surface area contributed by atoms with Crippen molar-refractivity contribution >= 4 is 5.91 Å². The number of nitrogens with two attached hydrogens (primary N) is 1. The van der Waals surface area contributed by atoms with Crippen LogP contribution in [0.15, 0.2) is 0 Å². The second-order valence-corrected chi connectivity index (χ2v) is 5.49. The van der Waals surface area contributed by atoms with Crippen molar-refractivity contribution in [2.24, 2.45) is 11.7 Å². The monoisotopic (exact) mass is 210 g/mol. The molecule has 1 amide bonds. The Morgan fingerprint density at radius 2 is 2.07 bits per heavy atom. The molecule has 3 nitrogen and oxygen atoms in total. The van der Waals surface area contributed by atoms with Gasteiger partial charge in [-0.05, 0) is 44.9 Å². The average Bonchev–Trinajstić information content (AvgIpc) is 2.13. The van der Waals surface area contributed by atoms with E-state index in [1.165, 1.54) is 0 Å². The average molecular weight is 210 g/mol. The third-order valence-electron chi connectivity index (χ3n) is 4.07. The maximum Gasteiger partial charge on any atom is 0.242 e. The van der Waals surface area contributed by atoms with Crippen molar-refractivity contribution < 1.29 is 4.79 Å². The molecule has 2 fully saturated rings. The molecule has 1 saturated carbocycles. The SMILES string of the molecule is CC1CCN(C(=O)C2(N)CCC2)C(C)C1. The molecule has 0 radical (unpaired) electrons. The molecule has 15 heavy (non-hydrogen) atoms. The highest BCUT2D eigenvalue weighted by molar-refractivity contribution is 5.87. The molecular formula is C12H22N2O. The zero-order valence-electron chi connectivity index (χ0n) is 9.83. The van der Waals surface area contributed by atoms with E-state index >= 15 is 0 Å². The number of piperidine rings is 1. The van der Waals surface area contributed by atoms with Crippen molar-refractivity contribution in [3.63, 3.8) is 0 Å². The van der Waals surface area contributed by atoms with E-state index in [2.05, 4.69) is 13.8 Å². The first-order valence-electron chi connectivity index (χ1n) is 6.13. The molecule has 0 aromatic carbocycles. The lowest BCUT2D eigenvalue weighted by Crippen LogP contribution is -2.62. The molecule has 0 aromatic rings. The fraction of sp³-hybridized carbons (Fsp3) is 0.917. The van der Waals surface area contributed by atoms with E-state index in [1.807, 2.05) is 4.90 Å². The Kier molecular flexibility index (Phi) is 2.75. The Bertz CT molecular complexity index is 260. The second kappa shape index (κ2) is 3.78. The molecule has 1 aliphatic carbocycles. The van der Waals surface area contributed by atoms with Crippen molar-refractivity contribution in [1.29, 1.82) is 0 Å². The number of hydrogen-bond donors (Lipinski definition) is 1. The molecule has 2 unspecified atom stereocenters. The van der Waals surface area contributed by atoms with Crippen LogP contribution in [0.25, 0.3) is 0 Å². The van der Waals surface area contributed by atoms with Gasteiger partial charge in [-0.15, -0.1) is 0 Å². The molecule has 0 bridgehead atoms. The summed E-state index contributed by atoms with van der Waals surface area (Å²) >= 11 is 0. The summed E-state index contributed by atoms with van der Waals surface area (Å²) < 4.78 is 0. The van der Waals surface area contributed by atoms with Crippen LogP contribution in [0, 0.1) is 5.92 Å². The van der Waals surface area contributed by atoms with E-state index in [0.29, 0.717) is 6.04 Å². The molecule has 1 saturated heterocycles. The summed E-state index contributed by atoms with van der Waals surface area (Å²) in [5.74, 6) is 0.951. The van der Waals surface area contributed by atoms with Crippen LogP contribution in [0.4, 0.5) is 0 Å². The Labute approximate surface area is 92.0 Å². The smallest absolute Gasteiger partial charge is 0.242 e. The van der Waals surface area contributed by atoms with Crippen LogP contribution in [0.3, 0.4) is 0 Å². The molecule has 0 aromatic heterocycles. The van der Waals surface area contributed by atoms with Gasteiger partial charge in [0, 0.05) is 12.6 Å². The molecule has 2 atom stereocenters. The summed E-state index contributed by atoms with van der Waals surface area (Å²) in [6.07, 6.45) is 5.13. The van der Waals surface area contributed by atoms with Gasteiger partial charge < -0.3 is 10.6 Å². The maximum absolute atomic E-state index is 12.2. The molecule has 2 rings (SSSR count). The van der Waals surface area contributed by atoms with Crippen molar-refractivity contribution in [2.45, 2.75) is 57.5 Å². The molecule has 1 aliphatic heterocycles. The minimum absolute atomic E-state index is 0.202. The summed E-state index contributed by atoms with van der Waals surface area (Å²) in [6.45, 7) is 5.32. The lowest BCUT2D eigenvalue weighted by molar-refractivity contribution is -0.144. The van der Waals surface area contributed by atoms with Crippen molar-refractivity contribution in [1.82, 2.24) is 4.90 Å². The fourth-order valence-corrected chi connectivity index (χ4v) is 2.77. The summed E-state index contributed by atoms with van der Waals surface area (Å²) in [7, 11) is 0.